The monoisotopic (exact) mass is 370 g/mol. The summed E-state index contributed by atoms with van der Waals surface area (Å²) in [6.45, 7) is 0.946. The van der Waals surface area contributed by atoms with E-state index >= 15 is 0 Å². The fourth-order valence-electron chi connectivity index (χ4n) is 3.98. The van der Waals surface area contributed by atoms with Crippen molar-refractivity contribution in [2.45, 2.75) is 82.7 Å². The fourth-order valence-corrected chi connectivity index (χ4v) is 3.98. The molecule has 0 spiro atoms. The Hall–Kier alpha value is -0.950. The van der Waals surface area contributed by atoms with Crippen molar-refractivity contribution in [3.8, 4) is 0 Å². The van der Waals surface area contributed by atoms with Crippen LogP contribution in [-0.2, 0) is 14.3 Å². The standard InChI is InChI=1S/C20H34O6/c21-11-7-4-2-1-3-5-9-15-16(13-19(23)24)17(22)14-18(15)26-20-10-6-8-12-25-20/h5,9,15-18,20-22H,1-4,6-8,10-14H2,(H,23,24)/t15-,16-,17+,18-,20?/m1/s1. The number of aliphatic hydroxyl groups is 2. The number of hydrogen-bond donors (Lipinski definition) is 3. The van der Waals surface area contributed by atoms with Gasteiger partial charge in [0.25, 0.3) is 0 Å². The van der Waals surface area contributed by atoms with Crippen molar-refractivity contribution in [3.05, 3.63) is 12.2 Å². The van der Waals surface area contributed by atoms with Gasteiger partial charge in [-0.15, -0.1) is 0 Å². The highest BCUT2D eigenvalue weighted by Gasteiger charge is 2.43. The Morgan fingerprint density at radius 1 is 1.19 bits per heavy atom. The van der Waals surface area contributed by atoms with Crippen LogP contribution >= 0.6 is 0 Å². The molecule has 5 atom stereocenters. The van der Waals surface area contributed by atoms with E-state index in [1.165, 1.54) is 0 Å². The molecule has 1 unspecified atom stereocenters. The summed E-state index contributed by atoms with van der Waals surface area (Å²) in [6, 6.07) is 0. The van der Waals surface area contributed by atoms with Crippen LogP contribution in [0.3, 0.4) is 0 Å². The molecule has 0 amide bonds. The second kappa shape index (κ2) is 11.7. The van der Waals surface area contributed by atoms with Crippen LogP contribution in [0.5, 0.6) is 0 Å². The molecule has 1 heterocycles. The van der Waals surface area contributed by atoms with Gasteiger partial charge in [0, 0.05) is 31.5 Å². The number of hydrogen-bond acceptors (Lipinski definition) is 5. The first-order valence-electron chi connectivity index (χ1n) is 10.1. The Labute approximate surface area is 156 Å². The number of rotatable bonds is 11. The number of aliphatic carboxylic acids is 1. The largest absolute Gasteiger partial charge is 0.481 e. The van der Waals surface area contributed by atoms with E-state index in [1.54, 1.807) is 0 Å². The van der Waals surface area contributed by atoms with Gasteiger partial charge in [-0.1, -0.05) is 25.0 Å². The lowest BCUT2D eigenvalue weighted by atomic mass is 9.90. The van der Waals surface area contributed by atoms with E-state index in [9.17, 15) is 15.0 Å². The van der Waals surface area contributed by atoms with Crippen LogP contribution in [0.4, 0.5) is 0 Å². The molecule has 150 valence electrons. The second-order valence-electron chi connectivity index (χ2n) is 7.47. The van der Waals surface area contributed by atoms with Crippen molar-refractivity contribution < 1.29 is 29.6 Å². The van der Waals surface area contributed by atoms with Gasteiger partial charge >= 0.3 is 5.97 Å². The molecular formula is C20H34O6. The number of unbranched alkanes of at least 4 members (excludes halogenated alkanes) is 4. The van der Waals surface area contributed by atoms with Crippen molar-refractivity contribution >= 4 is 5.97 Å². The average Bonchev–Trinajstić information content (AvgIpc) is 2.89. The molecule has 0 aromatic rings. The number of ether oxygens (including phenoxy) is 2. The summed E-state index contributed by atoms with van der Waals surface area (Å²) < 4.78 is 11.8. The Morgan fingerprint density at radius 2 is 2.00 bits per heavy atom. The fraction of sp³-hybridized carbons (Fsp3) is 0.850. The smallest absolute Gasteiger partial charge is 0.303 e. The maximum absolute atomic E-state index is 11.2. The Morgan fingerprint density at radius 3 is 2.69 bits per heavy atom. The number of carbonyl (C=O) groups is 1. The quantitative estimate of drug-likeness (QED) is 0.382. The van der Waals surface area contributed by atoms with Crippen LogP contribution in [0.2, 0.25) is 0 Å². The highest BCUT2D eigenvalue weighted by molar-refractivity contribution is 5.67. The normalized spacial score (nSPS) is 32.3. The third-order valence-corrected chi connectivity index (χ3v) is 5.40. The van der Waals surface area contributed by atoms with E-state index in [4.69, 9.17) is 14.6 Å². The van der Waals surface area contributed by atoms with Crippen molar-refractivity contribution in [1.82, 2.24) is 0 Å². The van der Waals surface area contributed by atoms with Crippen LogP contribution in [-0.4, -0.2) is 53.0 Å². The summed E-state index contributed by atoms with van der Waals surface area (Å²) in [5.74, 6) is -1.29. The van der Waals surface area contributed by atoms with Gasteiger partial charge < -0.3 is 24.8 Å². The lowest BCUT2D eigenvalue weighted by Crippen LogP contribution is -2.31. The second-order valence-corrected chi connectivity index (χ2v) is 7.47. The van der Waals surface area contributed by atoms with Gasteiger partial charge in [0.1, 0.15) is 0 Å². The highest BCUT2D eigenvalue weighted by atomic mass is 16.7. The van der Waals surface area contributed by atoms with Gasteiger partial charge in [-0.25, -0.2) is 0 Å². The van der Waals surface area contributed by atoms with Gasteiger partial charge in [-0.2, -0.15) is 0 Å². The topological polar surface area (TPSA) is 96.2 Å². The van der Waals surface area contributed by atoms with Crippen molar-refractivity contribution in [3.63, 3.8) is 0 Å². The average molecular weight is 370 g/mol. The molecule has 1 saturated heterocycles. The maximum Gasteiger partial charge on any atom is 0.303 e. The molecule has 1 saturated carbocycles. The Kier molecular flexibility index (Phi) is 9.61. The van der Waals surface area contributed by atoms with Gasteiger partial charge in [0.15, 0.2) is 6.29 Å². The van der Waals surface area contributed by atoms with Crippen molar-refractivity contribution in [1.29, 1.82) is 0 Å². The number of carboxylic acids is 1. The molecule has 6 nitrogen and oxygen atoms in total. The summed E-state index contributed by atoms with van der Waals surface area (Å²) >= 11 is 0. The molecule has 26 heavy (non-hydrogen) atoms. The number of aliphatic hydroxyl groups excluding tert-OH is 2. The molecule has 6 heteroatoms. The van der Waals surface area contributed by atoms with Crippen LogP contribution in [0.15, 0.2) is 12.2 Å². The highest BCUT2D eigenvalue weighted by Crippen LogP contribution is 2.39. The molecule has 2 aliphatic rings. The molecule has 1 aliphatic carbocycles. The minimum atomic E-state index is -0.883. The predicted octanol–water partition coefficient (Wildman–Crippen LogP) is 2.87. The van der Waals surface area contributed by atoms with Crippen molar-refractivity contribution in [2.24, 2.45) is 11.8 Å². The number of carboxylic acid groups (broad SMARTS) is 1. The Balaban J connectivity index is 1.90. The van der Waals surface area contributed by atoms with E-state index in [0.717, 1.165) is 51.4 Å². The lowest BCUT2D eigenvalue weighted by molar-refractivity contribution is -0.193. The molecule has 1 aliphatic heterocycles. The summed E-state index contributed by atoms with van der Waals surface area (Å²) in [5, 5.41) is 28.3. The van der Waals surface area contributed by atoms with E-state index in [0.29, 0.717) is 13.0 Å². The van der Waals surface area contributed by atoms with Crippen LogP contribution in [0.25, 0.3) is 0 Å². The molecular weight excluding hydrogens is 336 g/mol. The van der Waals surface area contributed by atoms with E-state index in [1.807, 2.05) is 6.08 Å². The van der Waals surface area contributed by atoms with E-state index < -0.39 is 12.1 Å². The minimum absolute atomic E-state index is 0.0436. The third kappa shape index (κ3) is 6.99. The van der Waals surface area contributed by atoms with Crippen LogP contribution in [0, 0.1) is 11.8 Å². The predicted molar refractivity (Wildman–Crippen MR) is 97.6 cm³/mol. The molecule has 2 fully saturated rings. The third-order valence-electron chi connectivity index (χ3n) is 5.40. The maximum atomic E-state index is 11.2. The summed E-state index contributed by atoms with van der Waals surface area (Å²) in [4.78, 5) is 11.2. The zero-order chi connectivity index (χ0) is 18.8. The molecule has 0 aromatic heterocycles. The first-order chi connectivity index (χ1) is 12.6. The van der Waals surface area contributed by atoms with Gasteiger partial charge in [0.2, 0.25) is 0 Å². The van der Waals surface area contributed by atoms with Crippen LogP contribution < -0.4 is 0 Å². The van der Waals surface area contributed by atoms with Crippen LogP contribution in [0.1, 0.15) is 64.2 Å². The molecule has 3 N–H and O–H groups in total. The van der Waals surface area contributed by atoms with Crippen molar-refractivity contribution in [2.75, 3.05) is 13.2 Å². The molecule has 2 rings (SSSR count). The molecule has 0 bridgehead atoms. The molecule has 0 radical (unpaired) electrons. The minimum Gasteiger partial charge on any atom is -0.481 e. The van der Waals surface area contributed by atoms with Gasteiger partial charge in [-0.05, 0) is 38.5 Å². The zero-order valence-corrected chi connectivity index (χ0v) is 15.6. The summed E-state index contributed by atoms with van der Waals surface area (Å²) in [5.41, 5.74) is 0. The molecule has 0 aromatic carbocycles. The lowest BCUT2D eigenvalue weighted by Gasteiger charge is -2.29. The van der Waals surface area contributed by atoms with Gasteiger partial charge in [0.05, 0.1) is 18.6 Å². The SMILES string of the molecule is O=C(O)C[C@@H]1[C@@H](C=CCCCCCCO)[C@H](OC2CCCCO2)C[C@@H]1O. The van der Waals surface area contributed by atoms with Gasteiger partial charge in [-0.3, -0.25) is 4.79 Å². The number of allylic oxidation sites excluding steroid dienone is 1. The summed E-state index contributed by atoms with van der Waals surface area (Å²) in [6.07, 6.45) is 11.4. The van der Waals surface area contributed by atoms with E-state index in [-0.39, 0.29) is 37.3 Å². The first kappa shape index (κ1) is 21.4. The zero-order valence-electron chi connectivity index (χ0n) is 15.6. The Bertz CT molecular complexity index is 432. The first-order valence-corrected chi connectivity index (χ1v) is 10.1. The van der Waals surface area contributed by atoms with E-state index in [2.05, 4.69) is 6.08 Å². The summed E-state index contributed by atoms with van der Waals surface area (Å²) in [7, 11) is 0.